The minimum atomic E-state index is -1.42. The molecule has 0 aromatic heterocycles. The van der Waals surface area contributed by atoms with Crippen molar-refractivity contribution in [2.75, 3.05) is 13.2 Å². The fraction of sp³-hybridized carbons (Fsp3) is 0.583. The van der Waals surface area contributed by atoms with Crippen LogP contribution in [0.3, 0.4) is 0 Å². The van der Waals surface area contributed by atoms with Gasteiger partial charge in [-0.3, -0.25) is 0 Å². The van der Waals surface area contributed by atoms with Gasteiger partial charge >= 0.3 is 0 Å². The zero-order valence-electron chi connectivity index (χ0n) is 17.3. The molecule has 1 unspecified atom stereocenters. The maximum absolute atomic E-state index is 10.7. The van der Waals surface area contributed by atoms with Crippen LogP contribution in [0.15, 0.2) is 29.4 Å². The summed E-state index contributed by atoms with van der Waals surface area (Å²) in [7, 11) is 0. The van der Waals surface area contributed by atoms with E-state index in [1.807, 2.05) is 6.07 Å². The van der Waals surface area contributed by atoms with Crippen molar-refractivity contribution >= 4 is 11.6 Å². The molecule has 5 atom stereocenters. The van der Waals surface area contributed by atoms with Gasteiger partial charge in [0.1, 0.15) is 36.3 Å². The summed E-state index contributed by atoms with van der Waals surface area (Å²) in [5, 5.41) is 41.2. The van der Waals surface area contributed by atoms with Crippen molar-refractivity contribution in [3.05, 3.63) is 51.1 Å². The second-order valence-corrected chi connectivity index (χ2v) is 9.49. The van der Waals surface area contributed by atoms with E-state index in [4.69, 9.17) is 21.1 Å². The topological polar surface area (TPSA) is 99.4 Å². The summed E-state index contributed by atoms with van der Waals surface area (Å²) in [6.07, 6.45) is 4.52. The summed E-state index contributed by atoms with van der Waals surface area (Å²) in [4.78, 5) is 0. The number of aliphatic hydroxyl groups is 4. The molecule has 2 aliphatic carbocycles. The van der Waals surface area contributed by atoms with E-state index < -0.39 is 37.1 Å². The van der Waals surface area contributed by atoms with Gasteiger partial charge in [-0.15, -0.1) is 0 Å². The van der Waals surface area contributed by atoms with E-state index in [2.05, 4.69) is 12.2 Å². The molecule has 168 valence electrons. The Morgan fingerprint density at radius 3 is 2.48 bits per heavy atom. The van der Waals surface area contributed by atoms with Gasteiger partial charge in [0.25, 0.3) is 0 Å². The number of ether oxygens (including phenoxy) is 2. The summed E-state index contributed by atoms with van der Waals surface area (Å²) in [5.41, 5.74) is 5.29. The lowest BCUT2D eigenvalue weighted by atomic mass is 9.86. The Balaban J connectivity index is 1.48. The molecule has 2 fully saturated rings. The van der Waals surface area contributed by atoms with Gasteiger partial charge in [0.15, 0.2) is 0 Å². The van der Waals surface area contributed by atoms with Gasteiger partial charge in [0, 0.05) is 12.0 Å². The molecular weight excluding hydrogens is 420 g/mol. The molecule has 1 saturated heterocycles. The summed E-state index contributed by atoms with van der Waals surface area (Å²) in [6.45, 7) is 0.0300. The average molecular weight is 449 g/mol. The van der Waals surface area contributed by atoms with E-state index in [1.54, 1.807) is 5.57 Å². The molecule has 0 amide bonds. The molecule has 7 heteroatoms. The average Bonchev–Trinajstić information content (AvgIpc) is 3.51. The van der Waals surface area contributed by atoms with E-state index in [9.17, 15) is 20.4 Å². The smallest absolute Gasteiger partial charge is 0.141 e. The fourth-order valence-electron chi connectivity index (χ4n) is 5.03. The van der Waals surface area contributed by atoms with E-state index >= 15 is 0 Å². The van der Waals surface area contributed by atoms with E-state index in [0.29, 0.717) is 35.8 Å². The maximum atomic E-state index is 10.7. The molecule has 5 rings (SSSR count). The first-order valence-electron chi connectivity index (χ1n) is 11.1. The lowest BCUT2D eigenvalue weighted by Crippen LogP contribution is -2.55. The van der Waals surface area contributed by atoms with Crippen molar-refractivity contribution in [2.24, 2.45) is 5.92 Å². The van der Waals surface area contributed by atoms with Crippen molar-refractivity contribution in [1.29, 1.82) is 0 Å². The first-order valence-corrected chi connectivity index (χ1v) is 11.5. The minimum absolute atomic E-state index is 0.455. The number of fused-ring (bicyclic) bond motifs is 1. The minimum Gasteiger partial charge on any atom is -0.491 e. The molecule has 2 aliphatic heterocycles. The Bertz CT molecular complexity index is 919. The molecule has 0 bridgehead atoms. The molecule has 0 radical (unpaired) electrons. The highest BCUT2D eigenvalue weighted by molar-refractivity contribution is 6.33. The summed E-state index contributed by atoms with van der Waals surface area (Å²) in [5.74, 6) is 1.39. The third kappa shape index (κ3) is 3.94. The zero-order valence-corrected chi connectivity index (χ0v) is 18.1. The predicted octanol–water partition coefficient (Wildman–Crippen LogP) is 2.39. The summed E-state index contributed by atoms with van der Waals surface area (Å²) >= 11 is 6.72. The van der Waals surface area contributed by atoms with Gasteiger partial charge < -0.3 is 29.9 Å². The van der Waals surface area contributed by atoms with Gasteiger partial charge in [-0.05, 0) is 49.1 Å². The van der Waals surface area contributed by atoms with Crippen LogP contribution in [0, 0.1) is 5.92 Å². The van der Waals surface area contributed by atoms with Gasteiger partial charge in [-0.25, -0.2) is 0 Å². The molecule has 6 nitrogen and oxygen atoms in total. The Morgan fingerprint density at radius 2 is 1.81 bits per heavy atom. The molecule has 1 saturated carbocycles. The number of halogens is 1. The molecular formula is C24H29ClO6. The highest BCUT2D eigenvalue weighted by Gasteiger charge is 2.45. The molecule has 2 heterocycles. The maximum Gasteiger partial charge on any atom is 0.141 e. The normalized spacial score (nSPS) is 32.9. The number of hydrogen-bond acceptors (Lipinski definition) is 6. The van der Waals surface area contributed by atoms with Gasteiger partial charge in [0.2, 0.25) is 0 Å². The quantitative estimate of drug-likeness (QED) is 0.552. The molecule has 4 aliphatic rings. The van der Waals surface area contributed by atoms with Crippen LogP contribution < -0.4 is 4.74 Å². The van der Waals surface area contributed by atoms with Crippen molar-refractivity contribution in [2.45, 2.75) is 69.0 Å². The fourth-order valence-corrected chi connectivity index (χ4v) is 5.32. The number of aliphatic hydroxyl groups excluding tert-OH is 4. The second kappa shape index (κ2) is 8.50. The third-order valence-electron chi connectivity index (χ3n) is 7.02. The van der Waals surface area contributed by atoms with Crippen LogP contribution in [0.2, 0.25) is 5.02 Å². The van der Waals surface area contributed by atoms with Crippen molar-refractivity contribution in [3.8, 4) is 5.75 Å². The molecule has 4 N–H and O–H groups in total. The SMILES string of the molecule is OC[C@H]1OC(c2cc(CC3=CC=C(C4CC4)CC3)c(Cl)c3c2CCO3)[C@H](O)[C@@H](O)[C@@H]1O. The molecule has 31 heavy (non-hydrogen) atoms. The Kier molecular flexibility index (Phi) is 5.88. The van der Waals surface area contributed by atoms with Crippen LogP contribution >= 0.6 is 11.6 Å². The number of hydrogen-bond donors (Lipinski definition) is 4. The molecule has 1 aromatic carbocycles. The number of rotatable bonds is 5. The number of allylic oxidation sites excluding steroid dienone is 4. The first kappa shape index (κ1) is 21.4. The predicted molar refractivity (Wildman–Crippen MR) is 115 cm³/mol. The van der Waals surface area contributed by atoms with E-state index in [1.165, 1.54) is 18.4 Å². The zero-order chi connectivity index (χ0) is 21.7. The van der Waals surface area contributed by atoms with Crippen LogP contribution in [0.25, 0.3) is 0 Å². The van der Waals surface area contributed by atoms with Crippen molar-refractivity contribution in [3.63, 3.8) is 0 Å². The molecule has 1 aromatic rings. The standard InChI is InChI=1S/C24H29ClO6/c25-19-15(9-12-1-3-13(4-2-12)14-5-6-14)10-17(16-7-8-30-23(16)19)24-22(29)21(28)20(27)18(11-26)31-24/h1,3,10,14,18,20-22,24,26-29H,2,4-9,11H2/t18-,20-,21+,22-,24?/m1/s1. The Hall–Kier alpha value is -1.41. The van der Waals surface area contributed by atoms with Crippen LogP contribution in [-0.2, 0) is 17.6 Å². The van der Waals surface area contributed by atoms with Gasteiger partial charge in [-0.2, -0.15) is 0 Å². The lowest BCUT2D eigenvalue weighted by molar-refractivity contribution is -0.231. The van der Waals surface area contributed by atoms with E-state index in [-0.39, 0.29) is 0 Å². The lowest BCUT2D eigenvalue weighted by Gasteiger charge is -2.40. The van der Waals surface area contributed by atoms with Crippen LogP contribution in [-0.4, -0.2) is 58.1 Å². The summed E-state index contributed by atoms with van der Waals surface area (Å²) < 4.78 is 11.7. The summed E-state index contributed by atoms with van der Waals surface area (Å²) in [6, 6.07) is 1.93. The largest absolute Gasteiger partial charge is 0.491 e. The monoisotopic (exact) mass is 448 g/mol. The first-order chi connectivity index (χ1) is 15.0. The Labute approximate surface area is 186 Å². The van der Waals surface area contributed by atoms with Crippen molar-refractivity contribution < 1.29 is 29.9 Å². The number of benzene rings is 1. The van der Waals surface area contributed by atoms with Crippen LogP contribution in [0.1, 0.15) is 48.5 Å². The second-order valence-electron chi connectivity index (χ2n) is 9.11. The highest BCUT2D eigenvalue weighted by Crippen LogP contribution is 2.45. The highest BCUT2D eigenvalue weighted by atomic mass is 35.5. The van der Waals surface area contributed by atoms with Gasteiger partial charge in [-0.1, -0.05) is 41.0 Å². The van der Waals surface area contributed by atoms with Gasteiger partial charge in [0.05, 0.1) is 18.2 Å². The Morgan fingerprint density at radius 1 is 1.00 bits per heavy atom. The van der Waals surface area contributed by atoms with Crippen LogP contribution in [0.4, 0.5) is 0 Å². The third-order valence-corrected chi connectivity index (χ3v) is 7.43. The van der Waals surface area contributed by atoms with E-state index in [0.717, 1.165) is 29.9 Å². The molecule has 0 spiro atoms. The van der Waals surface area contributed by atoms with Crippen molar-refractivity contribution in [1.82, 2.24) is 0 Å². The van der Waals surface area contributed by atoms with Crippen LogP contribution in [0.5, 0.6) is 5.75 Å².